The van der Waals surface area contributed by atoms with Crippen molar-refractivity contribution < 1.29 is 14.7 Å². The van der Waals surface area contributed by atoms with E-state index in [1.807, 2.05) is 18.2 Å². The second kappa shape index (κ2) is 6.48. The van der Waals surface area contributed by atoms with Crippen LogP contribution in [0.4, 0.5) is 4.79 Å². The van der Waals surface area contributed by atoms with E-state index in [4.69, 9.17) is 17.3 Å². The van der Waals surface area contributed by atoms with Crippen LogP contribution in [-0.4, -0.2) is 50.5 Å². The van der Waals surface area contributed by atoms with Crippen LogP contribution in [0.1, 0.15) is 29.8 Å². The second-order valence-electron chi connectivity index (χ2n) is 8.05. The zero-order valence-electron chi connectivity index (χ0n) is 16.4. The second-order valence-corrected chi connectivity index (χ2v) is 8.49. The SMILES string of the molecule is C[C@@]12Cc3c([nH]c4ccc(Cl)cc34)[C@@H](c3cccc(O)c3)N1C(=O)N(CCN)C2=O. The number of nitrogens with two attached hydrogens (primary N) is 1. The number of hydrogen-bond acceptors (Lipinski definition) is 4. The highest BCUT2D eigenvalue weighted by atomic mass is 35.5. The number of amides is 3. The maximum absolute atomic E-state index is 13.4. The van der Waals surface area contributed by atoms with Crippen LogP contribution in [0.5, 0.6) is 5.75 Å². The van der Waals surface area contributed by atoms with Gasteiger partial charge in [0.2, 0.25) is 0 Å². The Hall–Kier alpha value is -3.03. The van der Waals surface area contributed by atoms with E-state index in [1.165, 1.54) is 4.90 Å². The number of urea groups is 1. The average molecular weight is 425 g/mol. The molecule has 1 saturated heterocycles. The number of H-pyrrole nitrogens is 1. The minimum Gasteiger partial charge on any atom is -0.508 e. The third-order valence-electron chi connectivity index (χ3n) is 6.17. The zero-order chi connectivity index (χ0) is 21.2. The number of benzene rings is 2. The summed E-state index contributed by atoms with van der Waals surface area (Å²) in [6.07, 6.45) is 0.365. The highest BCUT2D eigenvalue weighted by molar-refractivity contribution is 6.31. The Kier molecular flexibility index (Phi) is 4.10. The molecule has 3 heterocycles. The molecule has 0 spiro atoms. The van der Waals surface area contributed by atoms with Crippen molar-refractivity contribution >= 4 is 34.4 Å². The van der Waals surface area contributed by atoms with Gasteiger partial charge in [-0.1, -0.05) is 23.7 Å². The normalized spacial score (nSPS) is 23.2. The number of carbonyl (C=O) groups is 2. The van der Waals surface area contributed by atoms with E-state index in [2.05, 4.69) is 4.98 Å². The molecule has 0 aliphatic carbocycles. The predicted octanol–water partition coefficient (Wildman–Crippen LogP) is 3.15. The maximum Gasteiger partial charge on any atom is 0.328 e. The van der Waals surface area contributed by atoms with E-state index >= 15 is 0 Å². The Morgan fingerprint density at radius 1 is 1.27 bits per heavy atom. The Bertz CT molecular complexity index is 1210. The molecule has 8 heteroatoms. The quantitative estimate of drug-likeness (QED) is 0.562. The fraction of sp³-hybridized carbons (Fsp3) is 0.273. The van der Waals surface area contributed by atoms with E-state index in [-0.39, 0.29) is 30.8 Å². The number of phenols is 1. The number of aromatic hydroxyl groups is 1. The summed E-state index contributed by atoms with van der Waals surface area (Å²) in [5.41, 5.74) is 7.99. The van der Waals surface area contributed by atoms with Crippen molar-refractivity contribution in [2.45, 2.75) is 24.9 Å². The number of nitrogens with one attached hydrogen (secondary N) is 1. The minimum atomic E-state index is -1.06. The van der Waals surface area contributed by atoms with Gasteiger partial charge in [-0.05, 0) is 48.4 Å². The van der Waals surface area contributed by atoms with Gasteiger partial charge in [-0.3, -0.25) is 14.6 Å². The van der Waals surface area contributed by atoms with Crippen molar-refractivity contribution in [1.29, 1.82) is 0 Å². The molecule has 0 bridgehead atoms. The summed E-state index contributed by atoms with van der Waals surface area (Å²) in [6.45, 7) is 2.16. The first kappa shape index (κ1) is 19.0. The minimum absolute atomic E-state index is 0.0947. The van der Waals surface area contributed by atoms with Crippen LogP contribution >= 0.6 is 11.6 Å². The summed E-state index contributed by atoms with van der Waals surface area (Å²) >= 11 is 6.25. The van der Waals surface area contributed by atoms with Crippen molar-refractivity contribution in [2.24, 2.45) is 5.73 Å². The molecule has 154 valence electrons. The van der Waals surface area contributed by atoms with Gasteiger partial charge in [0.25, 0.3) is 5.91 Å². The summed E-state index contributed by atoms with van der Waals surface area (Å²) in [7, 11) is 0. The average Bonchev–Trinajstić information content (AvgIpc) is 3.15. The molecular weight excluding hydrogens is 404 g/mol. The lowest BCUT2D eigenvalue weighted by atomic mass is 9.81. The molecule has 0 unspecified atom stereocenters. The van der Waals surface area contributed by atoms with E-state index < -0.39 is 11.6 Å². The topological polar surface area (TPSA) is 103 Å². The van der Waals surface area contributed by atoms with Crippen molar-refractivity contribution in [3.63, 3.8) is 0 Å². The first-order chi connectivity index (χ1) is 14.3. The molecule has 1 fully saturated rings. The molecule has 0 radical (unpaired) electrons. The van der Waals surface area contributed by atoms with E-state index in [0.29, 0.717) is 11.4 Å². The van der Waals surface area contributed by atoms with Crippen LogP contribution in [-0.2, 0) is 11.2 Å². The summed E-state index contributed by atoms with van der Waals surface area (Å²) in [4.78, 5) is 33.0. The van der Waals surface area contributed by atoms with Gasteiger partial charge in [-0.2, -0.15) is 0 Å². The van der Waals surface area contributed by atoms with Crippen LogP contribution in [0.3, 0.4) is 0 Å². The van der Waals surface area contributed by atoms with Gasteiger partial charge in [-0.15, -0.1) is 0 Å². The molecule has 1 aromatic heterocycles. The molecule has 4 N–H and O–H groups in total. The lowest BCUT2D eigenvalue weighted by Gasteiger charge is -2.42. The van der Waals surface area contributed by atoms with Gasteiger partial charge in [0.1, 0.15) is 17.3 Å². The van der Waals surface area contributed by atoms with Gasteiger partial charge in [0.15, 0.2) is 0 Å². The first-order valence-electron chi connectivity index (χ1n) is 9.79. The molecule has 2 aromatic carbocycles. The Labute approximate surface area is 178 Å². The molecule has 3 amide bonds. The van der Waals surface area contributed by atoms with E-state index in [1.54, 1.807) is 36.1 Å². The van der Waals surface area contributed by atoms with Crippen molar-refractivity contribution in [1.82, 2.24) is 14.8 Å². The molecule has 7 nitrogen and oxygen atoms in total. The number of rotatable bonds is 3. The highest BCUT2D eigenvalue weighted by Crippen LogP contribution is 2.49. The number of imide groups is 1. The number of aromatic nitrogens is 1. The summed E-state index contributed by atoms with van der Waals surface area (Å²) < 4.78 is 0. The number of nitrogens with zero attached hydrogens (tertiary/aromatic N) is 2. The Balaban J connectivity index is 1.79. The molecule has 2 aliphatic rings. The number of halogens is 1. The lowest BCUT2D eigenvalue weighted by Crippen LogP contribution is -2.53. The molecule has 5 rings (SSSR count). The van der Waals surface area contributed by atoms with Gasteiger partial charge < -0.3 is 15.8 Å². The third-order valence-corrected chi connectivity index (χ3v) is 6.40. The highest BCUT2D eigenvalue weighted by Gasteiger charge is 2.59. The summed E-state index contributed by atoms with van der Waals surface area (Å²) in [5, 5.41) is 11.6. The number of carbonyl (C=O) groups excluding carboxylic acids is 2. The van der Waals surface area contributed by atoms with E-state index in [0.717, 1.165) is 27.7 Å². The molecule has 3 aromatic rings. The van der Waals surface area contributed by atoms with Crippen molar-refractivity contribution in [2.75, 3.05) is 13.1 Å². The predicted molar refractivity (Wildman–Crippen MR) is 113 cm³/mol. The molecule has 0 saturated carbocycles. The number of aromatic amines is 1. The summed E-state index contributed by atoms with van der Waals surface area (Å²) in [5.74, 6) is -0.164. The maximum atomic E-state index is 13.4. The Morgan fingerprint density at radius 2 is 2.07 bits per heavy atom. The van der Waals surface area contributed by atoms with Gasteiger partial charge >= 0.3 is 6.03 Å². The largest absolute Gasteiger partial charge is 0.508 e. The molecule has 2 atom stereocenters. The molecule has 2 aliphatic heterocycles. The van der Waals surface area contributed by atoms with Gasteiger partial charge in [-0.25, -0.2) is 4.79 Å². The number of hydrogen-bond donors (Lipinski definition) is 3. The lowest BCUT2D eigenvalue weighted by molar-refractivity contribution is -0.133. The van der Waals surface area contributed by atoms with Gasteiger partial charge in [0, 0.05) is 41.1 Å². The number of phenolic OH excluding ortho intramolecular Hbond substituents is 1. The van der Waals surface area contributed by atoms with E-state index in [9.17, 15) is 14.7 Å². The molecular formula is C22H21ClN4O3. The zero-order valence-corrected chi connectivity index (χ0v) is 17.1. The fourth-order valence-corrected chi connectivity index (χ4v) is 5.02. The smallest absolute Gasteiger partial charge is 0.328 e. The monoisotopic (exact) mass is 424 g/mol. The third kappa shape index (κ3) is 2.49. The summed E-state index contributed by atoms with van der Waals surface area (Å²) in [6, 6.07) is 11.4. The van der Waals surface area contributed by atoms with Crippen molar-refractivity contribution in [3.05, 3.63) is 64.3 Å². The number of fused-ring (bicyclic) bond motifs is 4. The fourth-order valence-electron chi connectivity index (χ4n) is 4.85. The van der Waals surface area contributed by atoms with Crippen LogP contribution < -0.4 is 5.73 Å². The van der Waals surface area contributed by atoms with Crippen molar-refractivity contribution in [3.8, 4) is 5.75 Å². The van der Waals surface area contributed by atoms with Crippen LogP contribution in [0, 0.1) is 0 Å². The van der Waals surface area contributed by atoms with Gasteiger partial charge in [0.05, 0.1) is 0 Å². The molecule has 30 heavy (non-hydrogen) atoms. The standard InChI is InChI=1S/C22H21ClN4O3/c1-22-11-16-15-10-13(23)5-6-17(15)25-18(16)19(12-3-2-4-14(28)9-12)27(22)21(30)26(8-7-24)20(22)29/h2-6,9-10,19,25,28H,7-8,11,24H2,1H3/t19-,22+/m1/s1. The van der Waals surface area contributed by atoms with Crippen LogP contribution in [0.2, 0.25) is 5.02 Å². The van der Waals surface area contributed by atoms with Crippen LogP contribution in [0.15, 0.2) is 42.5 Å². The first-order valence-corrected chi connectivity index (χ1v) is 10.2. The van der Waals surface area contributed by atoms with Crippen LogP contribution in [0.25, 0.3) is 10.9 Å². The Morgan fingerprint density at radius 3 is 2.80 bits per heavy atom.